The zero-order valence-corrected chi connectivity index (χ0v) is 12.0. The maximum atomic E-state index is 12.3. The first-order chi connectivity index (χ1) is 10.0. The zero-order chi connectivity index (χ0) is 14.6. The largest absolute Gasteiger partial charge is 0.463 e. The average Bonchev–Trinajstić information content (AvgIpc) is 3.06. The van der Waals surface area contributed by atoms with Crippen LogP contribution >= 0.6 is 0 Å². The average molecular weight is 281 g/mol. The second-order valence-corrected chi connectivity index (χ2v) is 6.34. The summed E-state index contributed by atoms with van der Waals surface area (Å²) >= 11 is 0. The summed E-state index contributed by atoms with van der Waals surface area (Å²) < 4.78 is 7.17. The number of hydrogen-bond donors (Lipinski definition) is 0. The van der Waals surface area contributed by atoms with Crippen LogP contribution in [0.15, 0.2) is 35.1 Å². The summed E-state index contributed by atoms with van der Waals surface area (Å²) in [6, 6.07) is 5.57. The van der Waals surface area contributed by atoms with Gasteiger partial charge in [-0.3, -0.25) is 4.79 Å². The number of rotatable bonds is 1. The van der Waals surface area contributed by atoms with Crippen LogP contribution < -0.4 is 0 Å². The van der Waals surface area contributed by atoms with E-state index in [-0.39, 0.29) is 11.2 Å². The van der Waals surface area contributed by atoms with Crippen LogP contribution in [0, 0.1) is 5.41 Å². The van der Waals surface area contributed by atoms with Gasteiger partial charge in [0.2, 0.25) is 0 Å². The SMILES string of the molecule is CC1(C)CC(=O)c2cnc3cc(-c4ccco4)nn3c2C1. The molecule has 1 aliphatic carbocycles. The van der Waals surface area contributed by atoms with Crippen molar-refractivity contribution >= 4 is 11.4 Å². The van der Waals surface area contributed by atoms with Crippen molar-refractivity contribution in [1.82, 2.24) is 14.6 Å². The molecule has 4 rings (SSSR count). The molecule has 0 atom stereocenters. The maximum absolute atomic E-state index is 12.3. The number of Topliss-reactive ketones (excluding diaryl/α,β-unsaturated/α-hetero) is 1. The van der Waals surface area contributed by atoms with Gasteiger partial charge in [0.15, 0.2) is 17.2 Å². The molecule has 0 amide bonds. The van der Waals surface area contributed by atoms with Crippen molar-refractivity contribution in [1.29, 1.82) is 0 Å². The van der Waals surface area contributed by atoms with Gasteiger partial charge in [0.05, 0.1) is 17.5 Å². The van der Waals surface area contributed by atoms with Crippen LogP contribution in [0.4, 0.5) is 0 Å². The second-order valence-electron chi connectivity index (χ2n) is 6.34. The van der Waals surface area contributed by atoms with Crippen molar-refractivity contribution in [3.8, 4) is 11.5 Å². The minimum Gasteiger partial charge on any atom is -0.463 e. The highest BCUT2D eigenvalue weighted by molar-refractivity contribution is 5.98. The van der Waals surface area contributed by atoms with Crippen molar-refractivity contribution < 1.29 is 9.21 Å². The lowest BCUT2D eigenvalue weighted by Crippen LogP contribution is -2.29. The van der Waals surface area contributed by atoms with E-state index in [1.165, 1.54) is 0 Å². The Kier molecular flexibility index (Phi) is 2.37. The van der Waals surface area contributed by atoms with Gasteiger partial charge in [-0.25, -0.2) is 9.50 Å². The summed E-state index contributed by atoms with van der Waals surface area (Å²) in [5, 5.41) is 4.58. The normalized spacial score (nSPS) is 17.1. The fourth-order valence-corrected chi connectivity index (χ4v) is 2.97. The molecular weight excluding hydrogens is 266 g/mol. The highest BCUT2D eigenvalue weighted by atomic mass is 16.3. The molecule has 0 N–H and O–H groups in total. The predicted molar refractivity (Wildman–Crippen MR) is 77.1 cm³/mol. The number of fused-ring (bicyclic) bond motifs is 3. The summed E-state index contributed by atoms with van der Waals surface area (Å²) in [6.45, 7) is 4.22. The molecule has 0 bridgehead atoms. The summed E-state index contributed by atoms with van der Waals surface area (Å²) in [5.41, 5.74) is 3.06. The molecule has 0 saturated carbocycles. The fourth-order valence-electron chi connectivity index (χ4n) is 2.97. The molecule has 3 heterocycles. The molecule has 3 aromatic rings. The molecule has 3 aromatic heterocycles. The second kappa shape index (κ2) is 4.04. The third-order valence-electron chi connectivity index (χ3n) is 3.94. The molecule has 1 aliphatic rings. The first-order valence-electron chi connectivity index (χ1n) is 6.98. The molecule has 0 fully saturated rings. The van der Waals surface area contributed by atoms with Gasteiger partial charge >= 0.3 is 0 Å². The Bertz CT molecular complexity index is 844. The number of furan rings is 1. The third-order valence-corrected chi connectivity index (χ3v) is 3.94. The van der Waals surface area contributed by atoms with Crippen molar-refractivity contribution in [3.63, 3.8) is 0 Å². The predicted octanol–water partition coefficient (Wildman–Crippen LogP) is 3.14. The highest BCUT2D eigenvalue weighted by Gasteiger charge is 2.33. The van der Waals surface area contributed by atoms with Crippen LogP contribution in [0.5, 0.6) is 0 Å². The highest BCUT2D eigenvalue weighted by Crippen LogP contribution is 2.34. The molecule has 0 radical (unpaired) electrons. The smallest absolute Gasteiger partial charge is 0.166 e. The lowest BCUT2D eigenvalue weighted by Gasteiger charge is -2.29. The van der Waals surface area contributed by atoms with Gasteiger partial charge in [0.25, 0.3) is 0 Å². The number of aromatic nitrogens is 3. The van der Waals surface area contributed by atoms with E-state index in [4.69, 9.17) is 4.42 Å². The molecule has 0 aliphatic heterocycles. The van der Waals surface area contributed by atoms with E-state index >= 15 is 0 Å². The summed E-state index contributed by atoms with van der Waals surface area (Å²) in [5.74, 6) is 0.848. The summed E-state index contributed by atoms with van der Waals surface area (Å²) in [6.07, 6.45) is 4.66. The number of hydrogen-bond acceptors (Lipinski definition) is 4. The van der Waals surface area contributed by atoms with Crippen LogP contribution in [-0.4, -0.2) is 20.4 Å². The summed E-state index contributed by atoms with van der Waals surface area (Å²) in [7, 11) is 0. The van der Waals surface area contributed by atoms with E-state index in [9.17, 15) is 4.79 Å². The minimum atomic E-state index is -0.0465. The van der Waals surface area contributed by atoms with Gasteiger partial charge in [-0.15, -0.1) is 0 Å². The Morgan fingerprint density at radius 2 is 2.19 bits per heavy atom. The van der Waals surface area contributed by atoms with E-state index in [1.807, 2.05) is 18.2 Å². The van der Waals surface area contributed by atoms with Crippen molar-refractivity contribution in [2.45, 2.75) is 26.7 Å². The molecule has 106 valence electrons. The van der Waals surface area contributed by atoms with E-state index in [0.29, 0.717) is 17.7 Å². The first-order valence-corrected chi connectivity index (χ1v) is 6.98. The molecule has 0 saturated heterocycles. The molecule has 0 unspecified atom stereocenters. The Hall–Kier alpha value is -2.43. The lowest BCUT2D eigenvalue weighted by atomic mass is 9.76. The Labute approximate surface area is 121 Å². The number of nitrogens with zero attached hydrogens (tertiary/aromatic N) is 3. The Balaban J connectivity index is 1.95. The van der Waals surface area contributed by atoms with E-state index < -0.39 is 0 Å². The lowest BCUT2D eigenvalue weighted by molar-refractivity contribution is 0.0908. The Morgan fingerprint density at radius 1 is 1.33 bits per heavy atom. The van der Waals surface area contributed by atoms with Crippen LogP contribution in [0.25, 0.3) is 17.1 Å². The van der Waals surface area contributed by atoms with Crippen LogP contribution in [0.1, 0.15) is 36.3 Å². The van der Waals surface area contributed by atoms with Crippen LogP contribution in [0.2, 0.25) is 0 Å². The van der Waals surface area contributed by atoms with E-state index in [2.05, 4.69) is 23.9 Å². The van der Waals surface area contributed by atoms with Crippen LogP contribution in [-0.2, 0) is 6.42 Å². The fraction of sp³-hybridized carbons (Fsp3) is 0.312. The number of ketones is 1. The van der Waals surface area contributed by atoms with Crippen molar-refractivity contribution in [2.75, 3.05) is 0 Å². The van der Waals surface area contributed by atoms with Gasteiger partial charge in [-0.1, -0.05) is 13.8 Å². The van der Waals surface area contributed by atoms with Gasteiger partial charge in [0, 0.05) is 18.7 Å². The van der Waals surface area contributed by atoms with Crippen LogP contribution in [0.3, 0.4) is 0 Å². The Morgan fingerprint density at radius 3 is 2.95 bits per heavy atom. The zero-order valence-electron chi connectivity index (χ0n) is 12.0. The number of carbonyl (C=O) groups is 1. The van der Waals surface area contributed by atoms with Gasteiger partial charge < -0.3 is 4.42 Å². The van der Waals surface area contributed by atoms with E-state index in [1.54, 1.807) is 17.0 Å². The molecule has 0 spiro atoms. The molecule has 0 aromatic carbocycles. The topological polar surface area (TPSA) is 60.4 Å². The van der Waals surface area contributed by atoms with E-state index in [0.717, 1.165) is 23.5 Å². The van der Waals surface area contributed by atoms with Crippen molar-refractivity contribution in [2.24, 2.45) is 5.41 Å². The molecule has 5 heteroatoms. The molecule has 5 nitrogen and oxygen atoms in total. The van der Waals surface area contributed by atoms with Crippen molar-refractivity contribution in [3.05, 3.63) is 41.9 Å². The summed E-state index contributed by atoms with van der Waals surface area (Å²) in [4.78, 5) is 16.6. The minimum absolute atomic E-state index is 0.0465. The molecule has 21 heavy (non-hydrogen) atoms. The first kappa shape index (κ1) is 12.3. The van der Waals surface area contributed by atoms with Gasteiger partial charge in [-0.05, 0) is 24.0 Å². The van der Waals surface area contributed by atoms with Gasteiger partial charge in [-0.2, -0.15) is 5.10 Å². The number of carbonyl (C=O) groups excluding carboxylic acids is 1. The molecular formula is C16H15N3O2. The van der Waals surface area contributed by atoms with Gasteiger partial charge in [0.1, 0.15) is 5.69 Å². The standard InChI is InChI=1S/C16H15N3O2/c1-16(2)7-12-10(13(20)8-16)9-17-15-6-11(18-19(12)15)14-4-3-5-21-14/h3-6,9H,7-8H2,1-2H3. The third kappa shape index (κ3) is 1.88. The quantitative estimate of drug-likeness (QED) is 0.687. The monoisotopic (exact) mass is 281 g/mol. The maximum Gasteiger partial charge on any atom is 0.166 e.